The van der Waals surface area contributed by atoms with Gasteiger partial charge in [-0.05, 0) is 49.9 Å². The molecular weight excluding hydrogens is 326 g/mol. The fourth-order valence-corrected chi connectivity index (χ4v) is 3.55. The van der Waals surface area contributed by atoms with E-state index in [0.717, 1.165) is 43.6 Å². The number of hydrogen-bond acceptors (Lipinski definition) is 3. The van der Waals surface area contributed by atoms with Crippen LogP contribution in [0.4, 0.5) is 0 Å². The molecule has 1 aliphatic heterocycles. The molecule has 26 heavy (non-hydrogen) atoms. The lowest BCUT2D eigenvalue weighted by molar-refractivity contribution is 0.0577. The SMILES string of the molecule is Cc1cnn(CC2CCCCN2C(=O)c2ccn(-c3ccccc3)n2)c1. The molecule has 3 heterocycles. The van der Waals surface area contributed by atoms with Crippen LogP contribution in [0.3, 0.4) is 0 Å². The summed E-state index contributed by atoms with van der Waals surface area (Å²) in [5.41, 5.74) is 2.59. The summed E-state index contributed by atoms with van der Waals surface area (Å²) in [5.74, 6) is 0.00765. The van der Waals surface area contributed by atoms with Crippen LogP contribution < -0.4 is 0 Å². The van der Waals surface area contributed by atoms with Gasteiger partial charge in [-0.2, -0.15) is 10.2 Å². The van der Waals surface area contributed by atoms with Crippen LogP contribution in [0, 0.1) is 6.92 Å². The average Bonchev–Trinajstić information content (AvgIpc) is 3.32. The van der Waals surface area contributed by atoms with Gasteiger partial charge in [0.1, 0.15) is 0 Å². The fourth-order valence-electron chi connectivity index (χ4n) is 3.55. The normalized spacial score (nSPS) is 17.4. The van der Waals surface area contributed by atoms with Crippen molar-refractivity contribution in [2.75, 3.05) is 6.54 Å². The summed E-state index contributed by atoms with van der Waals surface area (Å²) >= 11 is 0. The Hall–Kier alpha value is -2.89. The van der Waals surface area contributed by atoms with Crippen molar-refractivity contribution in [2.45, 2.75) is 38.8 Å². The third-order valence-corrected chi connectivity index (χ3v) is 4.88. The zero-order chi connectivity index (χ0) is 17.9. The summed E-state index contributed by atoms with van der Waals surface area (Å²) in [6.45, 7) is 3.55. The summed E-state index contributed by atoms with van der Waals surface area (Å²) in [4.78, 5) is 15.0. The number of aryl methyl sites for hydroxylation is 1. The molecule has 1 amide bonds. The molecule has 0 aliphatic carbocycles. The minimum Gasteiger partial charge on any atom is -0.332 e. The van der Waals surface area contributed by atoms with Crippen molar-refractivity contribution in [3.05, 3.63) is 66.2 Å². The van der Waals surface area contributed by atoms with Gasteiger partial charge in [-0.25, -0.2) is 4.68 Å². The van der Waals surface area contributed by atoms with Crippen LogP contribution in [0.5, 0.6) is 0 Å². The summed E-state index contributed by atoms with van der Waals surface area (Å²) in [5, 5.41) is 8.88. The lowest BCUT2D eigenvalue weighted by Gasteiger charge is -2.35. The molecule has 1 unspecified atom stereocenters. The van der Waals surface area contributed by atoms with Crippen molar-refractivity contribution < 1.29 is 4.79 Å². The van der Waals surface area contributed by atoms with Crippen LogP contribution in [0.1, 0.15) is 35.3 Å². The summed E-state index contributed by atoms with van der Waals surface area (Å²) in [7, 11) is 0. The van der Waals surface area contributed by atoms with Gasteiger partial charge in [-0.1, -0.05) is 18.2 Å². The van der Waals surface area contributed by atoms with Gasteiger partial charge in [0.2, 0.25) is 0 Å². The molecule has 0 spiro atoms. The van der Waals surface area contributed by atoms with E-state index in [9.17, 15) is 4.79 Å². The number of para-hydroxylation sites is 1. The van der Waals surface area contributed by atoms with E-state index in [-0.39, 0.29) is 11.9 Å². The Bertz CT molecular complexity index is 883. The van der Waals surface area contributed by atoms with Gasteiger partial charge >= 0.3 is 0 Å². The van der Waals surface area contributed by atoms with Crippen molar-refractivity contribution in [3.8, 4) is 5.69 Å². The van der Waals surface area contributed by atoms with Crippen molar-refractivity contribution >= 4 is 5.91 Å². The molecule has 134 valence electrons. The van der Waals surface area contributed by atoms with Gasteiger partial charge in [0.25, 0.3) is 5.91 Å². The molecule has 3 aromatic rings. The zero-order valence-electron chi connectivity index (χ0n) is 15.0. The second-order valence-electron chi connectivity index (χ2n) is 6.87. The Morgan fingerprint density at radius 1 is 1.19 bits per heavy atom. The van der Waals surface area contributed by atoms with Crippen LogP contribution in [0.25, 0.3) is 5.69 Å². The maximum absolute atomic E-state index is 13.1. The first-order chi connectivity index (χ1) is 12.7. The number of hydrogen-bond donors (Lipinski definition) is 0. The smallest absolute Gasteiger partial charge is 0.274 e. The van der Waals surface area contributed by atoms with Crippen LogP contribution >= 0.6 is 0 Å². The Labute approximate surface area is 153 Å². The van der Waals surface area contributed by atoms with Gasteiger partial charge in [0.15, 0.2) is 5.69 Å². The Morgan fingerprint density at radius 3 is 2.81 bits per heavy atom. The predicted molar refractivity (Wildman–Crippen MR) is 99.2 cm³/mol. The molecule has 2 aromatic heterocycles. The van der Waals surface area contributed by atoms with E-state index in [1.807, 2.05) is 65.4 Å². The van der Waals surface area contributed by atoms with E-state index in [4.69, 9.17) is 0 Å². The highest BCUT2D eigenvalue weighted by molar-refractivity contribution is 5.92. The number of nitrogens with zero attached hydrogens (tertiary/aromatic N) is 5. The molecule has 0 N–H and O–H groups in total. The molecule has 0 radical (unpaired) electrons. The standard InChI is InChI=1S/C20H23N5O/c1-16-13-21-23(14-16)15-18-9-5-6-11-24(18)20(26)19-10-12-25(22-19)17-7-3-2-4-8-17/h2-4,7-8,10,12-14,18H,5-6,9,11,15H2,1H3. The molecule has 1 atom stereocenters. The van der Waals surface area contributed by atoms with E-state index in [2.05, 4.69) is 10.2 Å². The van der Waals surface area contributed by atoms with Crippen LogP contribution in [-0.4, -0.2) is 43.0 Å². The van der Waals surface area contributed by atoms with Crippen LogP contribution in [0.2, 0.25) is 0 Å². The number of rotatable bonds is 4. The third kappa shape index (κ3) is 3.40. The number of aromatic nitrogens is 4. The molecular formula is C20H23N5O. The second-order valence-corrected chi connectivity index (χ2v) is 6.87. The van der Waals surface area contributed by atoms with Gasteiger partial charge in [0, 0.05) is 18.9 Å². The van der Waals surface area contributed by atoms with Crippen molar-refractivity contribution in [3.63, 3.8) is 0 Å². The molecule has 4 rings (SSSR count). The van der Waals surface area contributed by atoms with Gasteiger partial charge in [-0.15, -0.1) is 0 Å². The Morgan fingerprint density at radius 2 is 2.04 bits per heavy atom. The first kappa shape index (κ1) is 16.6. The third-order valence-electron chi connectivity index (χ3n) is 4.88. The number of amides is 1. The quantitative estimate of drug-likeness (QED) is 0.727. The summed E-state index contributed by atoms with van der Waals surface area (Å²) < 4.78 is 3.69. The van der Waals surface area contributed by atoms with Gasteiger partial charge in [-0.3, -0.25) is 9.48 Å². The van der Waals surface area contributed by atoms with E-state index < -0.39 is 0 Å². The highest BCUT2D eigenvalue weighted by Crippen LogP contribution is 2.21. The highest BCUT2D eigenvalue weighted by Gasteiger charge is 2.29. The molecule has 1 fully saturated rings. The number of carbonyl (C=O) groups is 1. The zero-order valence-corrected chi connectivity index (χ0v) is 15.0. The van der Waals surface area contributed by atoms with Crippen molar-refractivity contribution in [2.24, 2.45) is 0 Å². The lowest BCUT2D eigenvalue weighted by Crippen LogP contribution is -2.46. The first-order valence-electron chi connectivity index (χ1n) is 9.12. The largest absolute Gasteiger partial charge is 0.332 e. The molecule has 1 aromatic carbocycles. The maximum atomic E-state index is 13.1. The molecule has 1 saturated heterocycles. The molecule has 1 aliphatic rings. The summed E-state index contributed by atoms with van der Waals surface area (Å²) in [6.07, 6.45) is 8.92. The summed E-state index contributed by atoms with van der Waals surface area (Å²) in [6, 6.07) is 11.8. The number of likely N-dealkylation sites (tertiary alicyclic amines) is 1. The lowest BCUT2D eigenvalue weighted by atomic mass is 10.0. The molecule has 0 bridgehead atoms. The number of piperidine rings is 1. The van der Waals surface area contributed by atoms with Crippen molar-refractivity contribution in [1.82, 2.24) is 24.5 Å². The van der Waals surface area contributed by atoms with Gasteiger partial charge in [0.05, 0.1) is 24.5 Å². The second kappa shape index (κ2) is 7.15. The maximum Gasteiger partial charge on any atom is 0.274 e. The van der Waals surface area contributed by atoms with E-state index in [1.54, 1.807) is 10.7 Å². The van der Waals surface area contributed by atoms with E-state index in [1.165, 1.54) is 0 Å². The average molecular weight is 349 g/mol. The molecule has 6 nitrogen and oxygen atoms in total. The van der Waals surface area contributed by atoms with Crippen LogP contribution in [0.15, 0.2) is 55.0 Å². The van der Waals surface area contributed by atoms with E-state index in [0.29, 0.717) is 5.69 Å². The Kier molecular flexibility index (Phi) is 4.56. The topological polar surface area (TPSA) is 56.0 Å². The minimum absolute atomic E-state index is 0.00765. The van der Waals surface area contributed by atoms with E-state index >= 15 is 0 Å². The van der Waals surface area contributed by atoms with Gasteiger partial charge < -0.3 is 4.90 Å². The Balaban J connectivity index is 1.53. The number of carbonyl (C=O) groups excluding carboxylic acids is 1. The fraction of sp³-hybridized carbons (Fsp3) is 0.350. The minimum atomic E-state index is 0.00765. The monoisotopic (exact) mass is 349 g/mol. The predicted octanol–water partition coefficient (Wildman–Crippen LogP) is 3.07. The molecule has 0 saturated carbocycles. The first-order valence-corrected chi connectivity index (χ1v) is 9.12. The van der Waals surface area contributed by atoms with Crippen LogP contribution in [-0.2, 0) is 6.54 Å². The highest BCUT2D eigenvalue weighted by atomic mass is 16.2. The van der Waals surface area contributed by atoms with Crippen molar-refractivity contribution in [1.29, 1.82) is 0 Å². The molecule has 6 heteroatoms. The number of benzene rings is 1.